The predicted molar refractivity (Wildman–Crippen MR) is 61.3 cm³/mol. The molecule has 1 fully saturated rings. The van der Waals surface area contributed by atoms with Crippen LogP contribution in [-0.4, -0.2) is 17.5 Å². The number of aldehydes is 1. The van der Waals surface area contributed by atoms with Crippen LogP contribution >= 0.6 is 0 Å². The molecule has 0 heterocycles. The molecule has 0 amide bonds. The molecule has 0 aromatic heterocycles. The average Bonchev–Trinajstić information content (AvgIpc) is 2.60. The second-order valence-corrected chi connectivity index (χ2v) is 4.67. The molecule has 0 spiro atoms. The molecule has 0 radical (unpaired) electrons. The van der Waals surface area contributed by atoms with Crippen molar-refractivity contribution in [1.82, 2.24) is 0 Å². The molecule has 2 aliphatic carbocycles. The first-order chi connectivity index (χ1) is 7.81. The van der Waals surface area contributed by atoms with E-state index >= 15 is 0 Å². The van der Waals surface area contributed by atoms with Gasteiger partial charge < -0.3 is 5.11 Å². The Morgan fingerprint density at radius 3 is 2.69 bits per heavy atom. The van der Waals surface area contributed by atoms with Crippen molar-refractivity contribution >= 4 is 6.29 Å². The number of hydrogen-bond acceptors (Lipinski definition) is 2. The fourth-order valence-electron chi connectivity index (χ4n) is 3.22. The van der Waals surface area contributed by atoms with Crippen molar-refractivity contribution in [2.75, 3.05) is 0 Å². The van der Waals surface area contributed by atoms with Crippen LogP contribution in [-0.2, 0) is 4.79 Å². The molecule has 1 aromatic rings. The van der Waals surface area contributed by atoms with Crippen LogP contribution in [0.25, 0.3) is 0 Å². The van der Waals surface area contributed by atoms with Crippen molar-refractivity contribution in [2.24, 2.45) is 0 Å². The maximum Gasteiger partial charge on any atom is 0.142 e. The molecule has 3 rings (SSSR count). The van der Waals surface area contributed by atoms with Crippen molar-refractivity contribution in [1.29, 1.82) is 0 Å². The van der Waals surface area contributed by atoms with Gasteiger partial charge in [-0.15, -0.1) is 0 Å². The summed E-state index contributed by atoms with van der Waals surface area (Å²) in [5, 5.41) is 10.0. The summed E-state index contributed by atoms with van der Waals surface area (Å²) in [6.45, 7) is 0. The lowest BCUT2D eigenvalue weighted by molar-refractivity contribution is -0.104. The van der Waals surface area contributed by atoms with Crippen molar-refractivity contribution in [3.05, 3.63) is 47.0 Å². The van der Waals surface area contributed by atoms with Gasteiger partial charge in [0.05, 0.1) is 6.10 Å². The molecule has 2 aliphatic rings. The highest BCUT2D eigenvalue weighted by Gasteiger charge is 2.40. The zero-order valence-corrected chi connectivity index (χ0v) is 8.97. The number of allylic oxidation sites excluding steroid dienone is 1. The van der Waals surface area contributed by atoms with Crippen molar-refractivity contribution in [3.63, 3.8) is 0 Å². The Bertz CT molecular complexity index is 460. The van der Waals surface area contributed by atoms with Crippen LogP contribution in [0, 0.1) is 0 Å². The standard InChI is InChI=1S/C14H14O2/c15-6-5-12-13-7-9(8-14(12)16)10-3-1-2-4-11(10)13/h1-6,9,13-14,16H,7-8H2/b12-5-/t9-,13-,14?/m1/s1. The van der Waals surface area contributed by atoms with Crippen LogP contribution in [0.3, 0.4) is 0 Å². The Labute approximate surface area is 94.6 Å². The minimum Gasteiger partial charge on any atom is -0.389 e. The van der Waals surface area contributed by atoms with Gasteiger partial charge in [-0.05, 0) is 41.5 Å². The fourth-order valence-corrected chi connectivity index (χ4v) is 3.22. The zero-order chi connectivity index (χ0) is 11.1. The highest BCUT2D eigenvalue weighted by molar-refractivity contribution is 5.68. The van der Waals surface area contributed by atoms with Gasteiger partial charge in [-0.2, -0.15) is 0 Å². The predicted octanol–water partition coefficient (Wildman–Crippen LogP) is 2.15. The van der Waals surface area contributed by atoms with Crippen molar-refractivity contribution in [3.8, 4) is 0 Å². The van der Waals surface area contributed by atoms with E-state index in [0.717, 1.165) is 24.7 Å². The molecule has 0 aliphatic heterocycles. The van der Waals surface area contributed by atoms with Crippen LogP contribution in [0.4, 0.5) is 0 Å². The van der Waals surface area contributed by atoms with Gasteiger partial charge in [0, 0.05) is 5.92 Å². The molecule has 1 saturated carbocycles. The van der Waals surface area contributed by atoms with E-state index in [1.807, 2.05) is 6.07 Å². The van der Waals surface area contributed by atoms with Crippen LogP contribution < -0.4 is 0 Å². The first-order valence-corrected chi connectivity index (χ1v) is 5.73. The van der Waals surface area contributed by atoms with E-state index in [1.165, 1.54) is 11.1 Å². The summed E-state index contributed by atoms with van der Waals surface area (Å²) in [5.41, 5.74) is 3.56. The third-order valence-electron chi connectivity index (χ3n) is 3.89. The maximum atomic E-state index is 10.6. The molecule has 1 aromatic carbocycles. The Kier molecular flexibility index (Phi) is 2.18. The van der Waals surface area contributed by atoms with Crippen LogP contribution in [0.2, 0.25) is 0 Å². The summed E-state index contributed by atoms with van der Waals surface area (Å²) in [6, 6.07) is 8.35. The molecule has 1 unspecified atom stereocenters. The van der Waals surface area contributed by atoms with E-state index in [9.17, 15) is 9.90 Å². The normalized spacial score (nSPS) is 33.8. The fraction of sp³-hybridized carbons (Fsp3) is 0.357. The third-order valence-corrected chi connectivity index (χ3v) is 3.89. The van der Waals surface area contributed by atoms with E-state index in [-0.39, 0.29) is 5.92 Å². The molecule has 3 atom stereocenters. The Balaban J connectivity index is 2.12. The van der Waals surface area contributed by atoms with Gasteiger partial charge in [-0.25, -0.2) is 0 Å². The zero-order valence-electron chi connectivity index (χ0n) is 8.97. The van der Waals surface area contributed by atoms with E-state index < -0.39 is 6.10 Å². The minimum atomic E-state index is -0.443. The third kappa shape index (κ3) is 1.26. The number of hydrogen-bond donors (Lipinski definition) is 1. The van der Waals surface area contributed by atoms with Crippen LogP contribution in [0.15, 0.2) is 35.9 Å². The van der Waals surface area contributed by atoms with Gasteiger partial charge >= 0.3 is 0 Å². The molecule has 2 bridgehead atoms. The quantitative estimate of drug-likeness (QED) is 0.574. The number of aliphatic hydroxyl groups is 1. The maximum absolute atomic E-state index is 10.6. The van der Waals surface area contributed by atoms with Crippen LogP contribution in [0.5, 0.6) is 0 Å². The summed E-state index contributed by atoms with van der Waals surface area (Å²) < 4.78 is 0. The summed E-state index contributed by atoms with van der Waals surface area (Å²) in [7, 11) is 0. The van der Waals surface area contributed by atoms with Crippen molar-refractivity contribution < 1.29 is 9.90 Å². The van der Waals surface area contributed by atoms with Gasteiger partial charge in [0.25, 0.3) is 0 Å². The smallest absolute Gasteiger partial charge is 0.142 e. The Hall–Kier alpha value is -1.41. The Morgan fingerprint density at radius 1 is 1.19 bits per heavy atom. The number of carbonyl (C=O) groups is 1. The highest BCUT2D eigenvalue weighted by atomic mass is 16.3. The molecule has 82 valence electrons. The minimum absolute atomic E-state index is 0.259. The van der Waals surface area contributed by atoms with E-state index in [1.54, 1.807) is 6.08 Å². The van der Waals surface area contributed by atoms with Crippen molar-refractivity contribution in [2.45, 2.75) is 30.8 Å². The molecule has 16 heavy (non-hydrogen) atoms. The molecular weight excluding hydrogens is 200 g/mol. The number of aliphatic hydroxyl groups excluding tert-OH is 1. The second-order valence-electron chi connectivity index (χ2n) is 4.67. The van der Waals surface area contributed by atoms with Gasteiger partial charge in [0.2, 0.25) is 0 Å². The van der Waals surface area contributed by atoms with Gasteiger partial charge in [0.1, 0.15) is 6.29 Å². The molecule has 2 heteroatoms. The summed E-state index contributed by atoms with van der Waals surface area (Å²) >= 11 is 0. The highest BCUT2D eigenvalue weighted by Crippen LogP contribution is 2.52. The van der Waals surface area contributed by atoms with Crippen LogP contribution in [0.1, 0.15) is 35.8 Å². The van der Waals surface area contributed by atoms with E-state index in [4.69, 9.17) is 0 Å². The summed E-state index contributed by atoms with van der Waals surface area (Å²) in [4.78, 5) is 10.6. The lowest BCUT2D eigenvalue weighted by Crippen LogP contribution is -2.22. The van der Waals surface area contributed by atoms with Gasteiger partial charge in [-0.1, -0.05) is 24.3 Å². The lowest BCUT2D eigenvalue weighted by atomic mass is 9.80. The SMILES string of the molecule is O=C/C=C1\C(O)C[C@H]2C[C@@H]1c1ccccc12. The topological polar surface area (TPSA) is 37.3 Å². The average molecular weight is 214 g/mol. The molecule has 0 saturated heterocycles. The Morgan fingerprint density at radius 2 is 1.94 bits per heavy atom. The summed E-state index contributed by atoms with van der Waals surface area (Å²) in [6.07, 6.45) is 3.71. The second kappa shape index (κ2) is 3.56. The molecular formula is C14H14O2. The number of carbonyl (C=O) groups excluding carboxylic acids is 1. The number of rotatable bonds is 1. The van der Waals surface area contributed by atoms with Gasteiger partial charge in [-0.3, -0.25) is 4.79 Å². The van der Waals surface area contributed by atoms with E-state index in [2.05, 4.69) is 18.2 Å². The largest absolute Gasteiger partial charge is 0.389 e. The van der Waals surface area contributed by atoms with E-state index in [0.29, 0.717) is 5.92 Å². The first kappa shape index (κ1) is 9.79. The van der Waals surface area contributed by atoms with Gasteiger partial charge in [0.15, 0.2) is 0 Å². The number of fused-ring (bicyclic) bond motifs is 5. The lowest BCUT2D eigenvalue weighted by Gasteiger charge is -2.27. The monoisotopic (exact) mass is 214 g/mol. The number of benzene rings is 1. The molecule has 2 nitrogen and oxygen atoms in total. The molecule has 1 N–H and O–H groups in total. The first-order valence-electron chi connectivity index (χ1n) is 5.73. The summed E-state index contributed by atoms with van der Waals surface area (Å²) in [5.74, 6) is 0.732.